The van der Waals surface area contributed by atoms with Crippen molar-refractivity contribution in [2.45, 2.75) is 32.9 Å². The molecule has 1 unspecified atom stereocenters. The summed E-state index contributed by atoms with van der Waals surface area (Å²) in [6, 6.07) is 1.29. The molecule has 0 aliphatic rings. The van der Waals surface area contributed by atoms with Gasteiger partial charge in [-0.15, -0.1) is 0 Å². The van der Waals surface area contributed by atoms with Crippen molar-refractivity contribution in [1.82, 2.24) is 15.1 Å². The van der Waals surface area contributed by atoms with E-state index in [9.17, 15) is 4.79 Å². The largest absolute Gasteiger partial charge is 0.480 e. The Hall–Kier alpha value is -1.36. The summed E-state index contributed by atoms with van der Waals surface area (Å²) in [4.78, 5) is 10.9. The summed E-state index contributed by atoms with van der Waals surface area (Å²) in [5.74, 6) is -0.835. The molecule has 0 fully saturated rings. The van der Waals surface area contributed by atoms with Crippen LogP contribution in [0.25, 0.3) is 0 Å². The number of carboxylic acid groups (broad SMARTS) is 1. The number of hydrogen-bond acceptors (Lipinski definition) is 3. The summed E-state index contributed by atoms with van der Waals surface area (Å²) in [5.41, 5.74) is 0.972. The second-order valence-corrected chi connectivity index (χ2v) is 3.50. The fourth-order valence-corrected chi connectivity index (χ4v) is 1.31. The first-order valence-corrected chi connectivity index (χ1v) is 5.09. The van der Waals surface area contributed by atoms with E-state index in [0.717, 1.165) is 12.1 Å². The molecule has 15 heavy (non-hydrogen) atoms. The second kappa shape index (κ2) is 5.50. The van der Waals surface area contributed by atoms with Gasteiger partial charge in [-0.1, -0.05) is 6.92 Å². The minimum Gasteiger partial charge on any atom is -0.480 e. The minimum atomic E-state index is -0.835. The maximum absolute atomic E-state index is 10.9. The number of aromatic nitrogens is 2. The van der Waals surface area contributed by atoms with Crippen molar-refractivity contribution in [3.63, 3.8) is 0 Å². The van der Waals surface area contributed by atoms with Crippen LogP contribution in [0.4, 0.5) is 0 Å². The molecular formula is C10H17N3O2. The van der Waals surface area contributed by atoms with Crippen molar-refractivity contribution < 1.29 is 9.90 Å². The van der Waals surface area contributed by atoms with E-state index in [1.54, 1.807) is 10.9 Å². The number of hydrogen-bond donors (Lipinski definition) is 2. The van der Waals surface area contributed by atoms with E-state index in [4.69, 9.17) is 5.11 Å². The third-order valence-electron chi connectivity index (χ3n) is 2.22. The predicted molar refractivity (Wildman–Crippen MR) is 56.7 cm³/mol. The third kappa shape index (κ3) is 3.36. The molecule has 0 amide bonds. The monoisotopic (exact) mass is 211 g/mol. The Morgan fingerprint density at radius 3 is 2.93 bits per heavy atom. The lowest BCUT2D eigenvalue weighted by atomic mass is 10.3. The van der Waals surface area contributed by atoms with Crippen LogP contribution >= 0.6 is 0 Å². The van der Waals surface area contributed by atoms with E-state index in [0.29, 0.717) is 13.1 Å². The summed E-state index contributed by atoms with van der Waals surface area (Å²) in [6.45, 7) is 4.99. The predicted octanol–water partition coefficient (Wildman–Crippen LogP) is 0.644. The second-order valence-electron chi connectivity index (χ2n) is 3.50. The average Bonchev–Trinajstić information content (AvgIpc) is 2.58. The van der Waals surface area contributed by atoms with Crippen molar-refractivity contribution in [3.05, 3.63) is 18.0 Å². The van der Waals surface area contributed by atoms with E-state index in [1.165, 1.54) is 0 Å². The van der Waals surface area contributed by atoms with E-state index in [-0.39, 0.29) is 0 Å². The first kappa shape index (κ1) is 11.7. The maximum atomic E-state index is 10.9. The number of carbonyl (C=O) groups is 1. The van der Waals surface area contributed by atoms with Crippen molar-refractivity contribution in [3.8, 4) is 0 Å². The molecule has 1 heterocycles. The highest BCUT2D eigenvalue weighted by atomic mass is 16.4. The highest BCUT2D eigenvalue weighted by Crippen LogP contribution is 1.98. The van der Waals surface area contributed by atoms with Gasteiger partial charge in [-0.2, -0.15) is 5.10 Å². The molecule has 2 N–H and O–H groups in total. The molecule has 0 bridgehead atoms. The number of rotatable bonds is 6. The molecule has 0 aliphatic heterocycles. The van der Waals surface area contributed by atoms with E-state index in [1.807, 2.05) is 19.9 Å². The third-order valence-corrected chi connectivity index (χ3v) is 2.22. The van der Waals surface area contributed by atoms with Crippen LogP contribution in [0, 0.1) is 6.92 Å². The van der Waals surface area contributed by atoms with Crippen LogP contribution in [-0.4, -0.2) is 33.4 Å². The Bertz CT molecular complexity index is 322. The van der Waals surface area contributed by atoms with Crippen LogP contribution in [0.5, 0.6) is 0 Å². The molecule has 1 aromatic rings. The Morgan fingerprint density at radius 2 is 2.47 bits per heavy atom. The highest BCUT2D eigenvalue weighted by Gasteiger charge is 2.17. The van der Waals surface area contributed by atoms with Gasteiger partial charge in [-0.3, -0.25) is 9.48 Å². The van der Waals surface area contributed by atoms with Gasteiger partial charge in [0, 0.05) is 11.9 Å². The smallest absolute Gasteiger partial charge is 0.322 e. The van der Waals surface area contributed by atoms with Crippen LogP contribution in [0.1, 0.15) is 19.0 Å². The molecule has 84 valence electrons. The van der Waals surface area contributed by atoms with Crippen LogP contribution < -0.4 is 5.32 Å². The molecule has 0 spiro atoms. The standard InChI is InChI=1S/C10H17N3O2/c1-3-5-11-9(10(14)15)7-13-8(2)4-6-12-13/h4,6,9,11H,3,5,7H2,1-2H3,(H,14,15). The fourth-order valence-electron chi connectivity index (χ4n) is 1.31. The zero-order chi connectivity index (χ0) is 11.3. The number of nitrogens with zero attached hydrogens (tertiary/aromatic N) is 2. The number of aliphatic carboxylic acids is 1. The molecule has 0 saturated carbocycles. The summed E-state index contributed by atoms with van der Waals surface area (Å²) >= 11 is 0. The SMILES string of the molecule is CCCNC(Cn1nccc1C)C(=O)O. The Labute approximate surface area is 89.1 Å². The zero-order valence-corrected chi connectivity index (χ0v) is 9.10. The first-order chi connectivity index (χ1) is 7.15. The number of aryl methyl sites for hydroxylation is 1. The van der Waals surface area contributed by atoms with Gasteiger partial charge in [0.2, 0.25) is 0 Å². The van der Waals surface area contributed by atoms with Crippen LogP contribution in [0.3, 0.4) is 0 Å². The van der Waals surface area contributed by atoms with Gasteiger partial charge < -0.3 is 10.4 Å². The van der Waals surface area contributed by atoms with Crippen LogP contribution in [-0.2, 0) is 11.3 Å². The van der Waals surface area contributed by atoms with Crippen molar-refractivity contribution in [1.29, 1.82) is 0 Å². The minimum absolute atomic E-state index is 0.369. The summed E-state index contributed by atoms with van der Waals surface area (Å²) < 4.78 is 1.70. The lowest BCUT2D eigenvalue weighted by molar-refractivity contribution is -0.139. The average molecular weight is 211 g/mol. The first-order valence-electron chi connectivity index (χ1n) is 5.09. The van der Waals surface area contributed by atoms with Crippen molar-refractivity contribution in [2.75, 3.05) is 6.54 Å². The molecular weight excluding hydrogens is 194 g/mol. The highest BCUT2D eigenvalue weighted by molar-refractivity contribution is 5.73. The topological polar surface area (TPSA) is 67.2 Å². The Kier molecular flexibility index (Phi) is 4.30. The Balaban J connectivity index is 2.59. The molecule has 5 heteroatoms. The van der Waals surface area contributed by atoms with Crippen molar-refractivity contribution in [2.24, 2.45) is 0 Å². The normalized spacial score (nSPS) is 12.7. The fraction of sp³-hybridized carbons (Fsp3) is 0.600. The van der Waals surface area contributed by atoms with Crippen LogP contribution in [0.15, 0.2) is 12.3 Å². The van der Waals surface area contributed by atoms with Gasteiger partial charge in [-0.05, 0) is 26.0 Å². The van der Waals surface area contributed by atoms with Gasteiger partial charge in [0.25, 0.3) is 0 Å². The van der Waals surface area contributed by atoms with Gasteiger partial charge in [0.1, 0.15) is 6.04 Å². The molecule has 1 atom stereocenters. The Morgan fingerprint density at radius 1 is 1.73 bits per heavy atom. The maximum Gasteiger partial charge on any atom is 0.322 e. The lowest BCUT2D eigenvalue weighted by Gasteiger charge is -2.14. The van der Waals surface area contributed by atoms with Gasteiger partial charge in [0.15, 0.2) is 0 Å². The molecule has 5 nitrogen and oxygen atoms in total. The van der Waals surface area contributed by atoms with Gasteiger partial charge >= 0.3 is 5.97 Å². The molecule has 0 aliphatic carbocycles. The van der Waals surface area contributed by atoms with E-state index < -0.39 is 12.0 Å². The van der Waals surface area contributed by atoms with Crippen LogP contribution in [0.2, 0.25) is 0 Å². The van der Waals surface area contributed by atoms with Gasteiger partial charge in [0.05, 0.1) is 6.54 Å². The molecule has 0 radical (unpaired) electrons. The van der Waals surface area contributed by atoms with Crippen molar-refractivity contribution >= 4 is 5.97 Å². The van der Waals surface area contributed by atoms with E-state index in [2.05, 4.69) is 10.4 Å². The lowest BCUT2D eigenvalue weighted by Crippen LogP contribution is -2.41. The number of nitrogens with one attached hydrogen (secondary N) is 1. The summed E-state index contributed by atoms with van der Waals surface area (Å²) in [5, 5.41) is 16.0. The summed E-state index contributed by atoms with van der Waals surface area (Å²) in [7, 11) is 0. The molecule has 1 aromatic heterocycles. The van der Waals surface area contributed by atoms with E-state index >= 15 is 0 Å². The molecule has 0 saturated heterocycles. The molecule has 0 aromatic carbocycles. The quantitative estimate of drug-likeness (QED) is 0.724. The zero-order valence-electron chi connectivity index (χ0n) is 9.10. The number of carboxylic acids is 1. The van der Waals surface area contributed by atoms with Gasteiger partial charge in [-0.25, -0.2) is 0 Å². The summed E-state index contributed by atoms with van der Waals surface area (Å²) in [6.07, 6.45) is 2.59. The molecule has 1 rings (SSSR count).